The molecule has 3 rings (SSSR count). The molecular formula is C15H14ClNO. The van der Waals surface area contributed by atoms with E-state index in [2.05, 4.69) is 16.7 Å². The monoisotopic (exact) mass is 259 g/mol. The number of hydrogen-bond acceptors (Lipinski definition) is 1. The average molecular weight is 260 g/mol. The zero-order valence-electron chi connectivity index (χ0n) is 9.97. The van der Waals surface area contributed by atoms with Gasteiger partial charge in [0.25, 0.3) is 0 Å². The summed E-state index contributed by atoms with van der Waals surface area (Å²) in [5, 5.41) is 1.50. The molecule has 0 radical (unpaired) electrons. The minimum absolute atomic E-state index is 0.268. The van der Waals surface area contributed by atoms with Gasteiger partial charge in [-0.25, -0.2) is 0 Å². The molecule has 0 fully saturated rings. The number of carbonyl (C=O) groups excluding carboxylic acids is 1. The van der Waals surface area contributed by atoms with Crippen molar-refractivity contribution >= 4 is 28.8 Å². The van der Waals surface area contributed by atoms with Gasteiger partial charge in [0.2, 0.25) is 0 Å². The molecule has 0 saturated heterocycles. The molecule has 2 nitrogen and oxygen atoms in total. The maximum Gasteiger partial charge on any atom is 0.153 e. The predicted molar refractivity (Wildman–Crippen MR) is 74.4 cm³/mol. The summed E-state index contributed by atoms with van der Waals surface area (Å²) in [4.78, 5) is 11.2. The molecule has 1 aromatic carbocycles. The van der Waals surface area contributed by atoms with Gasteiger partial charge in [-0.1, -0.05) is 42.0 Å². The molecule has 0 aliphatic heterocycles. The standard InChI is InChI=1S/C15H14ClNO/c16-15-13(10-18)12-8-4-5-9-14(12)17(15)11-6-2-1-3-7-11/h2,4-6,8-11H,1,3,7H2/t11-/m1/s1. The number of rotatable bonds is 2. The lowest BCUT2D eigenvalue weighted by Crippen LogP contribution is -2.09. The van der Waals surface area contributed by atoms with Crippen LogP contribution in [0.3, 0.4) is 0 Å². The van der Waals surface area contributed by atoms with Crippen LogP contribution < -0.4 is 0 Å². The molecule has 92 valence electrons. The summed E-state index contributed by atoms with van der Waals surface area (Å²) >= 11 is 6.38. The number of aromatic nitrogens is 1. The van der Waals surface area contributed by atoms with Crippen LogP contribution in [0.4, 0.5) is 0 Å². The van der Waals surface area contributed by atoms with Crippen molar-refractivity contribution in [1.82, 2.24) is 4.57 Å². The number of fused-ring (bicyclic) bond motifs is 1. The highest BCUT2D eigenvalue weighted by Crippen LogP contribution is 2.35. The molecular weight excluding hydrogens is 246 g/mol. The summed E-state index contributed by atoms with van der Waals surface area (Å²) in [5.41, 5.74) is 1.65. The smallest absolute Gasteiger partial charge is 0.153 e. The Balaban J connectivity index is 2.27. The summed E-state index contributed by atoms with van der Waals surface area (Å²) in [6, 6.07) is 8.16. The second-order valence-corrected chi connectivity index (χ2v) is 4.99. The lowest BCUT2D eigenvalue weighted by atomic mass is 10.0. The summed E-state index contributed by atoms with van der Waals surface area (Å²) in [7, 11) is 0. The van der Waals surface area contributed by atoms with Crippen LogP contribution in [-0.2, 0) is 0 Å². The summed E-state index contributed by atoms with van der Waals surface area (Å²) in [6.45, 7) is 0. The number of halogens is 1. The Morgan fingerprint density at radius 1 is 1.33 bits per heavy atom. The molecule has 1 aliphatic carbocycles. The molecule has 18 heavy (non-hydrogen) atoms. The molecule has 0 N–H and O–H groups in total. The third-order valence-corrected chi connectivity index (χ3v) is 3.95. The van der Waals surface area contributed by atoms with Crippen LogP contribution in [0.2, 0.25) is 5.15 Å². The van der Waals surface area contributed by atoms with Crippen molar-refractivity contribution < 1.29 is 4.79 Å². The Labute approximate surface area is 111 Å². The van der Waals surface area contributed by atoms with Crippen molar-refractivity contribution in [1.29, 1.82) is 0 Å². The van der Waals surface area contributed by atoms with Gasteiger partial charge in [-0.05, 0) is 25.3 Å². The van der Waals surface area contributed by atoms with Crippen molar-refractivity contribution in [2.75, 3.05) is 0 Å². The second kappa shape index (κ2) is 4.62. The van der Waals surface area contributed by atoms with E-state index in [0.29, 0.717) is 10.7 Å². The minimum atomic E-state index is 0.268. The number of aldehydes is 1. The van der Waals surface area contributed by atoms with Crippen molar-refractivity contribution in [2.24, 2.45) is 0 Å². The molecule has 2 aromatic rings. The van der Waals surface area contributed by atoms with Crippen molar-refractivity contribution in [3.8, 4) is 0 Å². The maximum atomic E-state index is 11.2. The maximum absolute atomic E-state index is 11.2. The van der Waals surface area contributed by atoms with Gasteiger partial charge in [0, 0.05) is 5.39 Å². The summed E-state index contributed by atoms with van der Waals surface area (Å²) in [5.74, 6) is 0. The molecule has 0 unspecified atom stereocenters. The Morgan fingerprint density at radius 3 is 2.89 bits per heavy atom. The van der Waals surface area contributed by atoms with Gasteiger partial charge in [-0.3, -0.25) is 4.79 Å². The van der Waals surface area contributed by atoms with Crippen LogP contribution in [0.25, 0.3) is 10.9 Å². The van der Waals surface area contributed by atoms with E-state index in [-0.39, 0.29) is 6.04 Å². The zero-order valence-corrected chi connectivity index (χ0v) is 10.7. The molecule has 0 spiro atoms. The average Bonchev–Trinajstić information content (AvgIpc) is 2.71. The molecule has 1 aromatic heterocycles. The largest absolute Gasteiger partial charge is 0.324 e. The highest BCUT2D eigenvalue weighted by atomic mass is 35.5. The lowest BCUT2D eigenvalue weighted by molar-refractivity contribution is 0.112. The SMILES string of the molecule is O=Cc1c(Cl)n([C@@H]2C=CCCC2)c2ccccc12. The minimum Gasteiger partial charge on any atom is -0.324 e. The number of carbonyl (C=O) groups is 1. The molecule has 0 bridgehead atoms. The highest BCUT2D eigenvalue weighted by molar-refractivity contribution is 6.34. The number of benzene rings is 1. The Hall–Kier alpha value is -1.54. The fraction of sp³-hybridized carbons (Fsp3) is 0.267. The first-order chi connectivity index (χ1) is 8.83. The van der Waals surface area contributed by atoms with Gasteiger partial charge >= 0.3 is 0 Å². The first-order valence-corrected chi connectivity index (χ1v) is 6.61. The number of nitrogens with zero attached hydrogens (tertiary/aromatic N) is 1. The van der Waals surface area contributed by atoms with Crippen LogP contribution >= 0.6 is 11.6 Å². The van der Waals surface area contributed by atoms with Crippen LogP contribution in [0.5, 0.6) is 0 Å². The fourth-order valence-corrected chi connectivity index (χ4v) is 3.07. The van der Waals surface area contributed by atoms with E-state index >= 15 is 0 Å². The van der Waals surface area contributed by atoms with Crippen molar-refractivity contribution in [3.05, 3.63) is 47.1 Å². The van der Waals surface area contributed by atoms with E-state index in [9.17, 15) is 4.79 Å². The van der Waals surface area contributed by atoms with E-state index in [1.54, 1.807) is 0 Å². The van der Waals surface area contributed by atoms with E-state index < -0.39 is 0 Å². The second-order valence-electron chi connectivity index (χ2n) is 4.64. The molecule has 1 aliphatic rings. The van der Waals surface area contributed by atoms with Gasteiger partial charge in [0.1, 0.15) is 5.15 Å². The van der Waals surface area contributed by atoms with Crippen LogP contribution in [-0.4, -0.2) is 10.9 Å². The third-order valence-electron chi connectivity index (χ3n) is 3.57. The third kappa shape index (κ3) is 1.68. The summed E-state index contributed by atoms with van der Waals surface area (Å²) < 4.78 is 2.08. The van der Waals surface area contributed by atoms with E-state index in [1.807, 2.05) is 24.3 Å². The van der Waals surface area contributed by atoms with Gasteiger partial charge in [0.15, 0.2) is 6.29 Å². The Morgan fingerprint density at radius 2 is 2.17 bits per heavy atom. The van der Waals surface area contributed by atoms with Gasteiger partial charge in [0.05, 0.1) is 17.1 Å². The van der Waals surface area contributed by atoms with E-state index in [0.717, 1.165) is 30.0 Å². The first kappa shape index (κ1) is 11.5. The number of hydrogen-bond donors (Lipinski definition) is 0. The molecule has 3 heteroatoms. The molecule has 1 heterocycles. The highest BCUT2D eigenvalue weighted by Gasteiger charge is 2.20. The number of allylic oxidation sites excluding steroid dienone is 2. The summed E-state index contributed by atoms with van der Waals surface area (Å²) in [6.07, 6.45) is 8.62. The molecule has 1 atom stereocenters. The van der Waals surface area contributed by atoms with Crippen LogP contribution in [0, 0.1) is 0 Å². The van der Waals surface area contributed by atoms with Crippen molar-refractivity contribution in [2.45, 2.75) is 25.3 Å². The van der Waals surface area contributed by atoms with Gasteiger partial charge in [-0.15, -0.1) is 0 Å². The predicted octanol–water partition coefficient (Wildman–Crippen LogP) is 4.39. The Kier molecular flexibility index (Phi) is 2.96. The van der Waals surface area contributed by atoms with Gasteiger partial charge in [-0.2, -0.15) is 0 Å². The Bertz CT molecular complexity index is 627. The van der Waals surface area contributed by atoms with E-state index in [1.165, 1.54) is 6.42 Å². The normalized spacial score (nSPS) is 19.3. The van der Waals surface area contributed by atoms with Gasteiger partial charge < -0.3 is 4.57 Å². The topological polar surface area (TPSA) is 22.0 Å². The fourth-order valence-electron chi connectivity index (χ4n) is 2.70. The number of para-hydroxylation sites is 1. The van der Waals surface area contributed by atoms with Crippen LogP contribution in [0.15, 0.2) is 36.4 Å². The van der Waals surface area contributed by atoms with E-state index in [4.69, 9.17) is 11.6 Å². The molecule has 0 saturated carbocycles. The molecule has 0 amide bonds. The zero-order chi connectivity index (χ0) is 12.5. The lowest BCUT2D eigenvalue weighted by Gasteiger charge is -2.20. The van der Waals surface area contributed by atoms with Crippen LogP contribution in [0.1, 0.15) is 35.7 Å². The van der Waals surface area contributed by atoms with Crippen molar-refractivity contribution in [3.63, 3.8) is 0 Å². The quantitative estimate of drug-likeness (QED) is 0.579. The first-order valence-electron chi connectivity index (χ1n) is 6.23.